The van der Waals surface area contributed by atoms with Crippen LogP contribution in [0.5, 0.6) is 0 Å². The predicted octanol–water partition coefficient (Wildman–Crippen LogP) is 1.89. The molecule has 0 radical (unpaired) electrons. The van der Waals surface area contributed by atoms with Gasteiger partial charge in [0.15, 0.2) is 0 Å². The highest BCUT2D eigenvalue weighted by atomic mass is 32.2. The quantitative estimate of drug-likeness (QED) is 0.473. The lowest BCUT2D eigenvalue weighted by Gasteiger charge is -2.20. The predicted molar refractivity (Wildman–Crippen MR) is 76.7 cm³/mol. The zero-order valence-corrected chi connectivity index (χ0v) is 12.5. The van der Waals surface area contributed by atoms with Crippen molar-refractivity contribution in [2.45, 2.75) is 38.1 Å². The van der Waals surface area contributed by atoms with Crippen molar-refractivity contribution >= 4 is 21.4 Å². The van der Waals surface area contributed by atoms with E-state index in [2.05, 4.69) is 4.72 Å². The Hall–Kier alpha value is -1.67. The van der Waals surface area contributed by atoms with E-state index in [1.807, 2.05) is 20.8 Å². The van der Waals surface area contributed by atoms with Gasteiger partial charge in [-0.15, -0.1) is 0 Å². The number of hydrogen-bond donors (Lipinski definition) is 2. The normalized spacial score (nSPS) is 13.4. The summed E-state index contributed by atoms with van der Waals surface area (Å²) in [7, 11) is -3.73. The zero-order valence-electron chi connectivity index (χ0n) is 11.7. The van der Waals surface area contributed by atoms with Gasteiger partial charge in [-0.3, -0.25) is 10.1 Å². The lowest BCUT2D eigenvalue weighted by Crippen LogP contribution is -2.37. The lowest BCUT2D eigenvalue weighted by molar-refractivity contribution is -0.383. The fourth-order valence-corrected chi connectivity index (χ4v) is 3.33. The van der Waals surface area contributed by atoms with E-state index in [0.29, 0.717) is 6.42 Å². The average Bonchev–Trinajstić information content (AvgIpc) is 2.35. The van der Waals surface area contributed by atoms with Gasteiger partial charge in [0.2, 0.25) is 10.0 Å². The van der Waals surface area contributed by atoms with E-state index < -0.39 is 14.9 Å². The monoisotopic (exact) mass is 301 g/mol. The summed E-state index contributed by atoms with van der Waals surface area (Å²) in [4.78, 5) is 9.94. The molecule has 1 unspecified atom stereocenters. The summed E-state index contributed by atoms with van der Waals surface area (Å²) < 4.78 is 27.0. The number of nitro groups is 1. The summed E-state index contributed by atoms with van der Waals surface area (Å²) in [6, 6.07) is 3.19. The summed E-state index contributed by atoms with van der Waals surface area (Å²) in [5.41, 5.74) is 5.03. The maximum atomic E-state index is 12.2. The highest BCUT2D eigenvalue weighted by Crippen LogP contribution is 2.24. The molecule has 0 aliphatic rings. The summed E-state index contributed by atoms with van der Waals surface area (Å²) in [5.74, 6) is 0.144. The van der Waals surface area contributed by atoms with Gasteiger partial charge < -0.3 is 5.73 Å². The second kappa shape index (κ2) is 6.19. The Morgan fingerprint density at radius 2 is 2.00 bits per heavy atom. The first-order chi connectivity index (χ1) is 9.19. The highest BCUT2D eigenvalue weighted by molar-refractivity contribution is 7.89. The number of sulfonamides is 1. The number of nitrogens with two attached hydrogens (primary N) is 1. The Bertz CT molecular complexity index is 599. The molecule has 0 spiro atoms. The first kappa shape index (κ1) is 16.4. The first-order valence-corrected chi connectivity index (χ1v) is 7.73. The largest absolute Gasteiger partial charge is 0.393 e. The molecule has 0 aliphatic carbocycles. The Labute approximate surface area is 118 Å². The molecule has 8 heteroatoms. The summed E-state index contributed by atoms with van der Waals surface area (Å²) in [6.45, 7) is 5.72. The molecule has 20 heavy (non-hydrogen) atoms. The summed E-state index contributed by atoms with van der Waals surface area (Å²) in [5, 5.41) is 10.7. The average molecular weight is 301 g/mol. The Balaban J connectivity index is 3.10. The van der Waals surface area contributed by atoms with Gasteiger partial charge in [-0.25, -0.2) is 13.1 Å². The van der Waals surface area contributed by atoms with Crippen LogP contribution < -0.4 is 10.5 Å². The van der Waals surface area contributed by atoms with Crippen molar-refractivity contribution in [2.24, 2.45) is 5.92 Å². The van der Waals surface area contributed by atoms with Crippen molar-refractivity contribution in [3.05, 3.63) is 28.3 Å². The molecule has 0 bridgehead atoms. The van der Waals surface area contributed by atoms with Gasteiger partial charge in [0.1, 0.15) is 5.69 Å². The second-order valence-electron chi connectivity index (χ2n) is 4.86. The van der Waals surface area contributed by atoms with Gasteiger partial charge in [0.25, 0.3) is 5.69 Å². The Kier molecular flexibility index (Phi) is 5.07. The molecule has 7 nitrogen and oxygen atoms in total. The highest BCUT2D eigenvalue weighted by Gasteiger charge is 2.23. The minimum atomic E-state index is -3.73. The van der Waals surface area contributed by atoms with Crippen molar-refractivity contribution in [3.8, 4) is 0 Å². The third kappa shape index (κ3) is 3.67. The third-order valence-corrected chi connectivity index (χ3v) is 4.54. The van der Waals surface area contributed by atoms with Crippen LogP contribution in [-0.4, -0.2) is 19.4 Å². The van der Waals surface area contributed by atoms with Crippen LogP contribution in [-0.2, 0) is 10.0 Å². The molecule has 0 fully saturated rings. The van der Waals surface area contributed by atoms with Crippen LogP contribution in [0, 0.1) is 16.0 Å². The maximum absolute atomic E-state index is 12.2. The number of benzene rings is 1. The van der Waals surface area contributed by atoms with Crippen LogP contribution >= 0.6 is 0 Å². The molecule has 1 aromatic rings. The maximum Gasteiger partial charge on any atom is 0.292 e. The van der Waals surface area contributed by atoms with Gasteiger partial charge in [-0.2, -0.15) is 0 Å². The molecule has 112 valence electrons. The van der Waals surface area contributed by atoms with E-state index in [4.69, 9.17) is 5.73 Å². The van der Waals surface area contributed by atoms with E-state index in [9.17, 15) is 18.5 Å². The smallest absolute Gasteiger partial charge is 0.292 e. The van der Waals surface area contributed by atoms with Gasteiger partial charge in [0.05, 0.1) is 9.82 Å². The number of anilines is 1. The topological polar surface area (TPSA) is 115 Å². The SMILES string of the molecule is CCC(NS(=O)(=O)c1ccc([N+](=O)[O-])c(N)c1)C(C)C. The van der Waals surface area contributed by atoms with Crippen molar-refractivity contribution in [2.75, 3.05) is 5.73 Å². The molecule has 0 saturated heterocycles. The Morgan fingerprint density at radius 1 is 1.40 bits per heavy atom. The number of nitrogens with one attached hydrogen (secondary N) is 1. The summed E-state index contributed by atoms with van der Waals surface area (Å²) >= 11 is 0. The van der Waals surface area contributed by atoms with Crippen LogP contribution in [0.2, 0.25) is 0 Å². The number of rotatable bonds is 6. The fraction of sp³-hybridized carbons (Fsp3) is 0.500. The van der Waals surface area contributed by atoms with E-state index in [-0.39, 0.29) is 28.2 Å². The van der Waals surface area contributed by atoms with E-state index in [1.165, 1.54) is 6.07 Å². The molecule has 1 aromatic carbocycles. The fourth-order valence-electron chi connectivity index (χ4n) is 1.82. The van der Waals surface area contributed by atoms with E-state index in [1.54, 1.807) is 0 Å². The van der Waals surface area contributed by atoms with Crippen molar-refractivity contribution in [3.63, 3.8) is 0 Å². The summed E-state index contributed by atoms with van der Waals surface area (Å²) in [6.07, 6.45) is 0.652. The molecule has 1 rings (SSSR count). The molecule has 3 N–H and O–H groups in total. The second-order valence-corrected chi connectivity index (χ2v) is 6.57. The molecule has 1 atom stereocenters. The minimum absolute atomic E-state index is 0.0697. The molecular formula is C12H19N3O4S. The number of nitro benzene ring substituents is 1. The lowest BCUT2D eigenvalue weighted by atomic mass is 10.0. The van der Waals surface area contributed by atoms with Gasteiger partial charge in [0, 0.05) is 12.1 Å². The molecular weight excluding hydrogens is 282 g/mol. The number of nitrogen functional groups attached to an aromatic ring is 1. The van der Waals surface area contributed by atoms with Crippen LogP contribution in [0.3, 0.4) is 0 Å². The van der Waals surface area contributed by atoms with Crippen molar-refractivity contribution in [1.82, 2.24) is 4.72 Å². The zero-order chi connectivity index (χ0) is 15.5. The number of hydrogen-bond acceptors (Lipinski definition) is 5. The molecule has 0 amide bonds. The van der Waals surface area contributed by atoms with Crippen molar-refractivity contribution < 1.29 is 13.3 Å². The van der Waals surface area contributed by atoms with E-state index in [0.717, 1.165) is 12.1 Å². The van der Waals surface area contributed by atoms with Gasteiger partial charge >= 0.3 is 0 Å². The van der Waals surface area contributed by atoms with Crippen molar-refractivity contribution in [1.29, 1.82) is 0 Å². The Morgan fingerprint density at radius 3 is 2.40 bits per heavy atom. The van der Waals surface area contributed by atoms with Crippen LogP contribution in [0.4, 0.5) is 11.4 Å². The molecule has 0 heterocycles. The standard InChI is InChI=1S/C12H19N3O4S/c1-4-11(8(2)3)14-20(18,19)9-5-6-12(15(16)17)10(13)7-9/h5-8,11,14H,4,13H2,1-3H3. The van der Waals surface area contributed by atoms with Gasteiger partial charge in [-0.05, 0) is 24.5 Å². The molecule has 0 aliphatic heterocycles. The first-order valence-electron chi connectivity index (χ1n) is 6.25. The van der Waals surface area contributed by atoms with Crippen LogP contribution in [0.25, 0.3) is 0 Å². The van der Waals surface area contributed by atoms with Gasteiger partial charge in [-0.1, -0.05) is 20.8 Å². The van der Waals surface area contributed by atoms with Crippen LogP contribution in [0.15, 0.2) is 23.1 Å². The molecule has 0 aromatic heterocycles. The molecule has 0 saturated carbocycles. The number of nitrogens with zero attached hydrogens (tertiary/aromatic N) is 1. The third-order valence-electron chi connectivity index (χ3n) is 3.06. The van der Waals surface area contributed by atoms with E-state index >= 15 is 0 Å². The minimum Gasteiger partial charge on any atom is -0.393 e. The van der Waals surface area contributed by atoms with Crippen LogP contribution in [0.1, 0.15) is 27.2 Å².